The summed E-state index contributed by atoms with van der Waals surface area (Å²) in [5.41, 5.74) is 7.94. The van der Waals surface area contributed by atoms with Crippen molar-refractivity contribution in [2.45, 2.75) is 32.6 Å². The maximum Gasteiger partial charge on any atom is 0.119 e. The van der Waals surface area contributed by atoms with Gasteiger partial charge in [-0.25, -0.2) is 0 Å². The Balaban J connectivity index is 1.82. The quantitative estimate of drug-likeness (QED) is 0.389. The number of hydrogen-bond acceptors (Lipinski definition) is 4. The molecule has 4 nitrogen and oxygen atoms in total. The Morgan fingerprint density at radius 3 is 2.00 bits per heavy atom. The molecule has 0 radical (unpaired) electrons. The third-order valence-electron chi connectivity index (χ3n) is 3.28. The molecule has 0 saturated heterocycles. The molecule has 0 aliphatic carbocycles. The number of azo groups is 1. The molecule has 0 amide bonds. The van der Waals surface area contributed by atoms with Crippen LogP contribution in [-0.2, 0) is 0 Å². The Morgan fingerprint density at radius 1 is 0.818 bits per heavy atom. The van der Waals surface area contributed by atoms with Crippen molar-refractivity contribution in [3.05, 3.63) is 48.5 Å². The number of hydrogen-bond donors (Lipinski definition) is 1. The fourth-order valence-electron chi connectivity index (χ4n) is 1.98. The van der Waals surface area contributed by atoms with E-state index in [2.05, 4.69) is 17.2 Å². The summed E-state index contributed by atoms with van der Waals surface area (Å²) in [6, 6.07) is 15.0. The van der Waals surface area contributed by atoms with E-state index in [0.717, 1.165) is 35.8 Å². The highest BCUT2D eigenvalue weighted by Crippen LogP contribution is 2.22. The molecule has 0 heterocycles. The monoisotopic (exact) mass is 297 g/mol. The lowest BCUT2D eigenvalue weighted by Gasteiger charge is -2.05. The molecule has 0 bridgehead atoms. The zero-order valence-corrected chi connectivity index (χ0v) is 13.0. The summed E-state index contributed by atoms with van der Waals surface area (Å²) in [7, 11) is 0. The Kier molecular flexibility index (Phi) is 6.42. The summed E-state index contributed by atoms with van der Waals surface area (Å²) >= 11 is 0. The molecule has 116 valence electrons. The van der Waals surface area contributed by atoms with Crippen LogP contribution >= 0.6 is 0 Å². The van der Waals surface area contributed by atoms with Gasteiger partial charge in [0.05, 0.1) is 18.0 Å². The lowest BCUT2D eigenvalue weighted by Crippen LogP contribution is -1.96. The molecule has 22 heavy (non-hydrogen) atoms. The van der Waals surface area contributed by atoms with E-state index < -0.39 is 0 Å². The third-order valence-corrected chi connectivity index (χ3v) is 3.28. The first-order valence-corrected chi connectivity index (χ1v) is 7.78. The molecule has 0 aromatic heterocycles. The highest BCUT2D eigenvalue weighted by atomic mass is 16.5. The van der Waals surface area contributed by atoms with Crippen LogP contribution in [0.4, 0.5) is 17.1 Å². The van der Waals surface area contributed by atoms with E-state index in [1.807, 2.05) is 48.5 Å². The lowest BCUT2D eigenvalue weighted by molar-refractivity contribution is 0.305. The molecule has 2 aromatic carbocycles. The van der Waals surface area contributed by atoms with Crippen LogP contribution in [0.15, 0.2) is 58.8 Å². The smallest absolute Gasteiger partial charge is 0.119 e. The van der Waals surface area contributed by atoms with Crippen LogP contribution in [-0.4, -0.2) is 6.61 Å². The van der Waals surface area contributed by atoms with Crippen LogP contribution in [0.1, 0.15) is 32.6 Å². The van der Waals surface area contributed by atoms with E-state index in [1.54, 1.807) is 0 Å². The van der Waals surface area contributed by atoms with Crippen molar-refractivity contribution in [1.29, 1.82) is 0 Å². The number of unbranched alkanes of at least 4 members (excludes halogenated alkanes) is 3. The highest BCUT2D eigenvalue weighted by Gasteiger charge is 1.96. The van der Waals surface area contributed by atoms with E-state index in [0.29, 0.717) is 0 Å². The predicted octanol–water partition coefficient (Wildman–Crippen LogP) is 5.64. The second-order valence-corrected chi connectivity index (χ2v) is 5.19. The molecular formula is C18H23N3O. The summed E-state index contributed by atoms with van der Waals surface area (Å²) in [5.74, 6) is 0.878. The van der Waals surface area contributed by atoms with E-state index in [4.69, 9.17) is 10.5 Å². The number of rotatable bonds is 8. The number of benzene rings is 2. The van der Waals surface area contributed by atoms with Gasteiger partial charge in [-0.15, -0.1) is 0 Å². The second kappa shape index (κ2) is 8.82. The van der Waals surface area contributed by atoms with Crippen molar-refractivity contribution in [3.63, 3.8) is 0 Å². The number of nitrogen functional groups attached to an aromatic ring is 1. The minimum Gasteiger partial charge on any atom is -0.494 e. The topological polar surface area (TPSA) is 60.0 Å². The number of nitrogens with zero attached hydrogens (tertiary/aromatic N) is 2. The van der Waals surface area contributed by atoms with Crippen molar-refractivity contribution in [2.75, 3.05) is 12.3 Å². The van der Waals surface area contributed by atoms with Gasteiger partial charge in [-0.05, 0) is 55.0 Å². The largest absolute Gasteiger partial charge is 0.494 e. The highest BCUT2D eigenvalue weighted by molar-refractivity contribution is 5.48. The number of anilines is 1. The fourth-order valence-corrected chi connectivity index (χ4v) is 1.98. The van der Waals surface area contributed by atoms with Crippen LogP contribution in [0.5, 0.6) is 5.75 Å². The van der Waals surface area contributed by atoms with Crippen molar-refractivity contribution < 1.29 is 4.74 Å². The van der Waals surface area contributed by atoms with Gasteiger partial charge < -0.3 is 10.5 Å². The average molecular weight is 297 g/mol. The molecule has 0 atom stereocenters. The molecule has 0 fully saturated rings. The van der Waals surface area contributed by atoms with Crippen LogP contribution < -0.4 is 10.5 Å². The van der Waals surface area contributed by atoms with E-state index in [-0.39, 0.29) is 0 Å². The Hall–Kier alpha value is -2.36. The van der Waals surface area contributed by atoms with E-state index in [9.17, 15) is 0 Å². The molecular weight excluding hydrogens is 274 g/mol. The first-order chi connectivity index (χ1) is 10.8. The normalized spacial score (nSPS) is 11.0. The SMILES string of the molecule is CCCCCCOc1ccc(N=Nc2ccc(N)cc2)cc1. The van der Waals surface area contributed by atoms with Crippen molar-refractivity contribution in [1.82, 2.24) is 0 Å². The molecule has 2 rings (SSSR count). The molecule has 0 spiro atoms. The van der Waals surface area contributed by atoms with Crippen LogP contribution in [0.2, 0.25) is 0 Å². The van der Waals surface area contributed by atoms with Gasteiger partial charge in [0.1, 0.15) is 5.75 Å². The van der Waals surface area contributed by atoms with Gasteiger partial charge in [-0.1, -0.05) is 26.2 Å². The van der Waals surface area contributed by atoms with Crippen molar-refractivity contribution >= 4 is 17.1 Å². The van der Waals surface area contributed by atoms with Gasteiger partial charge in [0.25, 0.3) is 0 Å². The van der Waals surface area contributed by atoms with Crippen LogP contribution in [0, 0.1) is 0 Å². The van der Waals surface area contributed by atoms with E-state index in [1.165, 1.54) is 19.3 Å². The Morgan fingerprint density at radius 2 is 1.41 bits per heavy atom. The van der Waals surface area contributed by atoms with E-state index >= 15 is 0 Å². The first-order valence-electron chi connectivity index (χ1n) is 7.78. The van der Waals surface area contributed by atoms with Crippen molar-refractivity contribution in [3.8, 4) is 5.75 Å². The van der Waals surface area contributed by atoms with Gasteiger partial charge in [-0.2, -0.15) is 10.2 Å². The summed E-state index contributed by atoms with van der Waals surface area (Å²) < 4.78 is 5.70. The number of ether oxygens (including phenoxy) is 1. The zero-order valence-electron chi connectivity index (χ0n) is 13.0. The maximum atomic E-state index is 5.70. The second-order valence-electron chi connectivity index (χ2n) is 5.19. The minimum absolute atomic E-state index is 0.722. The standard InChI is InChI=1S/C18H23N3O/c1-2-3-4-5-14-22-18-12-10-17(11-13-18)21-20-16-8-6-15(19)7-9-16/h6-13H,2-5,14,19H2,1H3. The van der Waals surface area contributed by atoms with Gasteiger partial charge in [0.2, 0.25) is 0 Å². The van der Waals surface area contributed by atoms with Gasteiger partial charge >= 0.3 is 0 Å². The molecule has 4 heteroatoms. The molecule has 0 aliphatic rings. The predicted molar refractivity (Wildman–Crippen MR) is 91.1 cm³/mol. The maximum absolute atomic E-state index is 5.70. The molecule has 0 aliphatic heterocycles. The van der Waals surface area contributed by atoms with Crippen LogP contribution in [0.25, 0.3) is 0 Å². The minimum atomic E-state index is 0.722. The molecule has 2 aromatic rings. The van der Waals surface area contributed by atoms with Gasteiger partial charge in [0.15, 0.2) is 0 Å². The van der Waals surface area contributed by atoms with Crippen LogP contribution in [0.3, 0.4) is 0 Å². The summed E-state index contributed by atoms with van der Waals surface area (Å²) in [4.78, 5) is 0. The summed E-state index contributed by atoms with van der Waals surface area (Å²) in [6.45, 7) is 2.98. The first kappa shape index (κ1) is 16.0. The third kappa shape index (κ3) is 5.56. The summed E-state index contributed by atoms with van der Waals surface area (Å²) in [6.07, 6.45) is 4.85. The lowest BCUT2D eigenvalue weighted by atomic mass is 10.2. The van der Waals surface area contributed by atoms with Crippen molar-refractivity contribution in [2.24, 2.45) is 10.2 Å². The zero-order chi connectivity index (χ0) is 15.6. The summed E-state index contributed by atoms with van der Waals surface area (Å²) in [5, 5.41) is 8.37. The number of nitrogens with two attached hydrogens (primary N) is 1. The molecule has 2 N–H and O–H groups in total. The van der Waals surface area contributed by atoms with Gasteiger partial charge in [0, 0.05) is 5.69 Å². The Labute approximate surface area is 132 Å². The Bertz CT molecular complexity index is 576. The fraction of sp³-hybridized carbons (Fsp3) is 0.333. The van der Waals surface area contributed by atoms with Gasteiger partial charge in [-0.3, -0.25) is 0 Å². The molecule has 0 saturated carbocycles. The molecule has 0 unspecified atom stereocenters. The average Bonchev–Trinajstić information content (AvgIpc) is 2.55.